The number of carbonyl (C=O) groups is 2. The molecule has 0 spiro atoms. The predicted molar refractivity (Wildman–Crippen MR) is 181 cm³/mol. The molecule has 0 aliphatic carbocycles. The van der Waals surface area contributed by atoms with Gasteiger partial charge in [-0.15, -0.1) is 0 Å². The number of ketones is 2. The van der Waals surface area contributed by atoms with Gasteiger partial charge in [-0.1, -0.05) is 62.0 Å². The van der Waals surface area contributed by atoms with Crippen molar-refractivity contribution in [1.29, 1.82) is 0 Å². The zero-order valence-corrected chi connectivity index (χ0v) is 28.5. The Bertz CT molecular complexity index is 1530. The van der Waals surface area contributed by atoms with E-state index in [0.29, 0.717) is 32.6 Å². The Labute approximate surface area is 276 Å². The van der Waals surface area contributed by atoms with Crippen LogP contribution in [0.3, 0.4) is 0 Å². The number of nitrogens with zero attached hydrogens (tertiary/aromatic N) is 2. The monoisotopic (exact) mass is 656 g/mol. The topological polar surface area (TPSA) is 44.0 Å². The van der Waals surface area contributed by atoms with Crippen LogP contribution in [-0.4, -0.2) is 20.7 Å². The lowest BCUT2D eigenvalue weighted by Gasteiger charge is -2.20. The molecule has 0 N–H and O–H groups in total. The first-order valence-corrected chi connectivity index (χ1v) is 16.4. The Hall–Kier alpha value is -3.22. The van der Waals surface area contributed by atoms with Gasteiger partial charge in [0.1, 0.15) is 11.6 Å². The van der Waals surface area contributed by atoms with Gasteiger partial charge in [0.2, 0.25) is 0 Å². The number of aromatic nitrogens is 2. The molecule has 0 fully saturated rings. The molecule has 2 aromatic carbocycles. The summed E-state index contributed by atoms with van der Waals surface area (Å²) >= 11 is 12.3. The SMILES string of the molecule is CC(C)n1cccc1C(=O)C[C@H](C)c1c(F)cccc1Cl.CCCCC(CC(=O)c1cccn1C(C)C)c1c(F)cccc1Cl. The average molecular weight is 658 g/mol. The largest absolute Gasteiger partial charge is 0.343 e. The van der Waals surface area contributed by atoms with Crippen LogP contribution < -0.4 is 0 Å². The van der Waals surface area contributed by atoms with Gasteiger partial charge in [0.15, 0.2) is 11.6 Å². The highest BCUT2D eigenvalue weighted by Crippen LogP contribution is 2.35. The fourth-order valence-corrected chi connectivity index (χ4v) is 6.32. The molecule has 0 amide bonds. The second-order valence-corrected chi connectivity index (χ2v) is 12.9. The van der Waals surface area contributed by atoms with E-state index in [1.807, 2.05) is 74.3 Å². The van der Waals surface area contributed by atoms with E-state index >= 15 is 0 Å². The lowest BCUT2D eigenvalue weighted by Crippen LogP contribution is -2.15. The van der Waals surface area contributed by atoms with Crippen molar-refractivity contribution in [1.82, 2.24) is 9.13 Å². The van der Waals surface area contributed by atoms with Crippen molar-refractivity contribution < 1.29 is 18.4 Å². The molecule has 8 heteroatoms. The molecule has 2 aromatic heterocycles. The molecule has 0 saturated carbocycles. The number of halogens is 4. The molecule has 1 unspecified atom stereocenters. The van der Waals surface area contributed by atoms with Gasteiger partial charge in [0, 0.05) is 58.5 Å². The number of hydrogen-bond donors (Lipinski definition) is 0. The zero-order valence-electron chi connectivity index (χ0n) is 27.0. The Kier molecular flexibility index (Phi) is 13.6. The number of Topliss-reactive ketones (excluding diaryl/α,β-unsaturated/α-hetero) is 2. The molecule has 2 atom stereocenters. The first kappa shape index (κ1) is 36.3. The van der Waals surface area contributed by atoms with E-state index in [-0.39, 0.29) is 60.0 Å². The summed E-state index contributed by atoms with van der Waals surface area (Å²) in [5.41, 5.74) is 2.22. The van der Waals surface area contributed by atoms with Crippen molar-refractivity contribution in [3.8, 4) is 0 Å². The summed E-state index contributed by atoms with van der Waals surface area (Å²) < 4.78 is 32.1. The lowest BCUT2D eigenvalue weighted by molar-refractivity contribution is 0.0954. The van der Waals surface area contributed by atoms with Gasteiger partial charge in [0.25, 0.3) is 0 Å². The maximum Gasteiger partial charge on any atom is 0.179 e. The van der Waals surface area contributed by atoms with Gasteiger partial charge in [-0.05, 0) is 94.5 Å². The minimum absolute atomic E-state index is 0.000481. The maximum absolute atomic E-state index is 14.3. The molecule has 0 aliphatic rings. The van der Waals surface area contributed by atoms with Crippen LogP contribution in [0.2, 0.25) is 10.0 Å². The van der Waals surface area contributed by atoms with Crippen molar-refractivity contribution in [3.05, 3.63) is 117 Å². The Morgan fingerprint density at radius 3 is 1.60 bits per heavy atom. The van der Waals surface area contributed by atoms with Gasteiger partial charge >= 0.3 is 0 Å². The summed E-state index contributed by atoms with van der Waals surface area (Å²) in [7, 11) is 0. The molecule has 0 aliphatic heterocycles. The molecule has 0 bridgehead atoms. The van der Waals surface area contributed by atoms with E-state index in [0.717, 1.165) is 19.3 Å². The van der Waals surface area contributed by atoms with Crippen LogP contribution in [-0.2, 0) is 0 Å². The second kappa shape index (κ2) is 16.9. The summed E-state index contributed by atoms with van der Waals surface area (Å²) in [6, 6.07) is 17.1. The van der Waals surface area contributed by atoms with Crippen LogP contribution >= 0.6 is 23.2 Å². The van der Waals surface area contributed by atoms with Crippen molar-refractivity contribution >= 4 is 34.8 Å². The highest BCUT2D eigenvalue weighted by atomic mass is 35.5. The quantitative estimate of drug-likeness (QED) is 0.134. The molecule has 45 heavy (non-hydrogen) atoms. The van der Waals surface area contributed by atoms with E-state index in [1.165, 1.54) is 12.1 Å². The Balaban J connectivity index is 0.000000248. The standard InChI is InChI=1S/C20H25ClFNO.C17H19ClFNO/c1-4-5-8-15(20-16(21)9-6-10-17(20)22)13-19(24)18-11-7-12-23(18)14(2)3;1-11(2)20-9-5-8-15(20)16(21)10-12(3)17-13(18)6-4-7-14(17)19/h6-7,9-12,14-15H,4-5,8,13H2,1-3H3;4-9,11-12H,10H2,1-3H3/t;12-/m.0/s1. The maximum atomic E-state index is 14.3. The molecule has 4 nitrogen and oxygen atoms in total. The minimum Gasteiger partial charge on any atom is -0.343 e. The van der Waals surface area contributed by atoms with Crippen LogP contribution in [0.15, 0.2) is 73.1 Å². The predicted octanol–water partition coefficient (Wildman–Crippen LogP) is 11.6. The van der Waals surface area contributed by atoms with E-state index < -0.39 is 0 Å². The molecule has 4 aromatic rings. The molecule has 242 valence electrons. The van der Waals surface area contributed by atoms with Crippen molar-refractivity contribution in [3.63, 3.8) is 0 Å². The highest BCUT2D eigenvalue weighted by Gasteiger charge is 2.24. The highest BCUT2D eigenvalue weighted by molar-refractivity contribution is 6.31. The second-order valence-electron chi connectivity index (χ2n) is 12.1. The molecule has 0 saturated heterocycles. The lowest BCUT2D eigenvalue weighted by atomic mass is 9.88. The normalized spacial score (nSPS) is 12.6. The summed E-state index contributed by atoms with van der Waals surface area (Å²) in [6.07, 6.45) is 7.00. The number of rotatable bonds is 13. The molecule has 0 radical (unpaired) electrons. The molecular weight excluding hydrogens is 613 g/mol. The van der Waals surface area contributed by atoms with Crippen LogP contribution in [0.4, 0.5) is 8.78 Å². The smallest absolute Gasteiger partial charge is 0.179 e. The van der Waals surface area contributed by atoms with E-state index in [1.54, 1.807) is 30.3 Å². The fraction of sp³-hybridized carbons (Fsp3) is 0.405. The summed E-state index contributed by atoms with van der Waals surface area (Å²) in [5.74, 6) is -1.10. The number of carbonyl (C=O) groups excluding carboxylic acids is 2. The molecule has 2 heterocycles. The van der Waals surface area contributed by atoms with Crippen molar-refractivity contribution in [2.24, 2.45) is 0 Å². The van der Waals surface area contributed by atoms with Gasteiger partial charge in [-0.3, -0.25) is 9.59 Å². The first-order chi connectivity index (χ1) is 21.4. The van der Waals surface area contributed by atoms with Crippen molar-refractivity contribution in [2.75, 3.05) is 0 Å². The Morgan fingerprint density at radius 2 is 1.16 bits per heavy atom. The van der Waals surface area contributed by atoms with E-state index in [9.17, 15) is 18.4 Å². The van der Waals surface area contributed by atoms with Gasteiger partial charge in [-0.2, -0.15) is 0 Å². The van der Waals surface area contributed by atoms with E-state index in [2.05, 4.69) is 6.92 Å². The molecule has 4 rings (SSSR count). The van der Waals surface area contributed by atoms with Gasteiger partial charge in [-0.25, -0.2) is 8.78 Å². The van der Waals surface area contributed by atoms with Crippen LogP contribution in [0, 0.1) is 11.6 Å². The van der Waals surface area contributed by atoms with Gasteiger partial charge in [0.05, 0.1) is 11.4 Å². The van der Waals surface area contributed by atoms with Crippen molar-refractivity contribution in [2.45, 2.75) is 97.6 Å². The first-order valence-electron chi connectivity index (χ1n) is 15.6. The van der Waals surface area contributed by atoms with E-state index in [4.69, 9.17) is 23.2 Å². The summed E-state index contributed by atoms with van der Waals surface area (Å²) in [6.45, 7) is 12.0. The fourth-order valence-electron chi connectivity index (χ4n) is 5.66. The third-order valence-corrected chi connectivity index (χ3v) is 8.63. The third kappa shape index (κ3) is 9.40. The Morgan fingerprint density at radius 1 is 0.689 bits per heavy atom. The zero-order chi connectivity index (χ0) is 33.3. The average Bonchev–Trinajstić information content (AvgIpc) is 3.67. The van der Waals surface area contributed by atoms with Crippen LogP contribution in [0.1, 0.15) is 130 Å². The third-order valence-electron chi connectivity index (χ3n) is 7.97. The number of hydrogen-bond acceptors (Lipinski definition) is 2. The summed E-state index contributed by atoms with van der Waals surface area (Å²) in [5, 5.41) is 0.776. The van der Waals surface area contributed by atoms with Gasteiger partial charge < -0.3 is 9.13 Å². The van der Waals surface area contributed by atoms with Crippen LogP contribution in [0.25, 0.3) is 0 Å². The number of unbranched alkanes of at least 4 members (excludes halogenated alkanes) is 1. The minimum atomic E-state index is -0.359. The van der Waals surface area contributed by atoms with Crippen LogP contribution in [0.5, 0.6) is 0 Å². The summed E-state index contributed by atoms with van der Waals surface area (Å²) in [4.78, 5) is 25.3. The molecular formula is C37H44Cl2F2N2O2. The number of benzene rings is 2.